The van der Waals surface area contributed by atoms with Crippen LogP contribution < -0.4 is 9.47 Å². The molecule has 0 saturated carbocycles. The first-order chi connectivity index (χ1) is 8.65. The summed E-state index contributed by atoms with van der Waals surface area (Å²) in [5.74, 6) is 1.01. The van der Waals surface area contributed by atoms with Gasteiger partial charge in [0.25, 0.3) is 0 Å². The maximum absolute atomic E-state index is 12.3. The van der Waals surface area contributed by atoms with Gasteiger partial charge in [-0.3, -0.25) is 9.48 Å². The molecule has 0 aliphatic carbocycles. The van der Waals surface area contributed by atoms with Crippen LogP contribution in [-0.4, -0.2) is 29.8 Å². The van der Waals surface area contributed by atoms with Gasteiger partial charge in [-0.1, -0.05) is 0 Å². The molecule has 0 saturated heterocycles. The molecule has 0 amide bonds. The van der Waals surface area contributed by atoms with Crippen LogP contribution in [0.15, 0.2) is 30.6 Å². The van der Waals surface area contributed by atoms with Gasteiger partial charge in [0.1, 0.15) is 11.5 Å². The average Bonchev–Trinajstić information content (AvgIpc) is 2.83. The largest absolute Gasteiger partial charge is 0.497 e. The minimum atomic E-state index is -0.123. The molecule has 1 aromatic heterocycles. The minimum Gasteiger partial charge on any atom is -0.497 e. The van der Waals surface area contributed by atoms with Crippen LogP contribution in [0.3, 0.4) is 0 Å². The van der Waals surface area contributed by atoms with Crippen molar-refractivity contribution in [2.24, 2.45) is 7.05 Å². The molecular weight excluding hydrogens is 232 g/mol. The summed E-state index contributed by atoms with van der Waals surface area (Å²) in [7, 11) is 4.86. The topological polar surface area (TPSA) is 53.3 Å². The lowest BCUT2D eigenvalue weighted by atomic mass is 10.1. The second-order valence-corrected chi connectivity index (χ2v) is 3.80. The number of aromatic nitrogens is 2. The Balaban J connectivity index is 2.41. The van der Waals surface area contributed by atoms with Gasteiger partial charge in [0, 0.05) is 19.3 Å². The van der Waals surface area contributed by atoms with Crippen molar-refractivity contribution in [2.75, 3.05) is 14.2 Å². The van der Waals surface area contributed by atoms with Crippen molar-refractivity contribution in [3.8, 4) is 11.5 Å². The third kappa shape index (κ3) is 2.20. The molecule has 0 spiro atoms. The number of benzene rings is 1. The minimum absolute atomic E-state index is 0.123. The number of carbonyl (C=O) groups excluding carboxylic acids is 1. The molecular formula is C13H14N2O3. The van der Waals surface area contributed by atoms with E-state index in [1.54, 1.807) is 43.2 Å². The van der Waals surface area contributed by atoms with Crippen molar-refractivity contribution >= 4 is 5.78 Å². The van der Waals surface area contributed by atoms with Crippen molar-refractivity contribution < 1.29 is 14.3 Å². The molecule has 5 nitrogen and oxygen atoms in total. The summed E-state index contributed by atoms with van der Waals surface area (Å²) in [6.07, 6.45) is 3.21. The van der Waals surface area contributed by atoms with Crippen molar-refractivity contribution in [2.45, 2.75) is 0 Å². The van der Waals surface area contributed by atoms with Gasteiger partial charge in [-0.2, -0.15) is 5.10 Å². The van der Waals surface area contributed by atoms with E-state index in [0.29, 0.717) is 22.6 Å². The Morgan fingerprint density at radius 3 is 2.61 bits per heavy atom. The average molecular weight is 246 g/mol. The van der Waals surface area contributed by atoms with Crippen LogP contribution in [0.5, 0.6) is 11.5 Å². The molecule has 0 bridgehead atoms. The van der Waals surface area contributed by atoms with Gasteiger partial charge in [0.2, 0.25) is 0 Å². The van der Waals surface area contributed by atoms with Crippen LogP contribution >= 0.6 is 0 Å². The number of hydrogen-bond acceptors (Lipinski definition) is 4. The molecule has 0 atom stereocenters. The maximum Gasteiger partial charge on any atom is 0.199 e. The van der Waals surface area contributed by atoms with Crippen molar-refractivity contribution in [1.29, 1.82) is 0 Å². The molecule has 18 heavy (non-hydrogen) atoms. The van der Waals surface area contributed by atoms with Gasteiger partial charge < -0.3 is 9.47 Å². The molecule has 2 aromatic rings. The first-order valence-corrected chi connectivity index (χ1v) is 5.41. The zero-order valence-corrected chi connectivity index (χ0v) is 10.5. The van der Waals surface area contributed by atoms with Crippen molar-refractivity contribution in [1.82, 2.24) is 9.78 Å². The van der Waals surface area contributed by atoms with E-state index in [1.807, 2.05) is 0 Å². The van der Waals surface area contributed by atoms with Crippen LogP contribution in [0.25, 0.3) is 0 Å². The van der Waals surface area contributed by atoms with E-state index >= 15 is 0 Å². The number of methoxy groups -OCH3 is 2. The molecule has 2 rings (SSSR count). The smallest absolute Gasteiger partial charge is 0.199 e. The summed E-state index contributed by atoms with van der Waals surface area (Å²) >= 11 is 0. The first-order valence-electron chi connectivity index (χ1n) is 5.41. The molecule has 0 aliphatic heterocycles. The van der Waals surface area contributed by atoms with Crippen LogP contribution in [0.4, 0.5) is 0 Å². The van der Waals surface area contributed by atoms with E-state index in [4.69, 9.17) is 9.47 Å². The third-order valence-corrected chi connectivity index (χ3v) is 2.62. The number of carbonyl (C=O) groups is 1. The van der Waals surface area contributed by atoms with Crippen LogP contribution in [0, 0.1) is 0 Å². The predicted octanol–water partition coefficient (Wildman–Crippen LogP) is 1.67. The summed E-state index contributed by atoms with van der Waals surface area (Å²) in [5.41, 5.74) is 1.02. The van der Waals surface area contributed by atoms with E-state index in [-0.39, 0.29) is 5.78 Å². The highest BCUT2D eigenvalue weighted by Crippen LogP contribution is 2.26. The highest BCUT2D eigenvalue weighted by molar-refractivity contribution is 6.10. The van der Waals surface area contributed by atoms with E-state index in [0.717, 1.165) is 0 Å². The Morgan fingerprint density at radius 1 is 1.28 bits per heavy atom. The Labute approximate surface area is 105 Å². The number of nitrogens with zero attached hydrogens (tertiary/aromatic N) is 2. The van der Waals surface area contributed by atoms with Crippen LogP contribution in [0.1, 0.15) is 15.9 Å². The van der Waals surface area contributed by atoms with Gasteiger partial charge in [-0.25, -0.2) is 0 Å². The standard InChI is InChI=1S/C13H14N2O3/c1-15-8-9(7-14-15)13(16)11-5-4-10(17-2)6-12(11)18-3/h4-8H,1-3H3. The number of ketones is 1. The summed E-state index contributed by atoms with van der Waals surface area (Å²) in [5, 5.41) is 3.98. The highest BCUT2D eigenvalue weighted by Gasteiger charge is 2.16. The fourth-order valence-electron chi connectivity index (χ4n) is 1.68. The van der Waals surface area contributed by atoms with E-state index < -0.39 is 0 Å². The van der Waals surface area contributed by atoms with Crippen molar-refractivity contribution in [3.05, 3.63) is 41.7 Å². The van der Waals surface area contributed by atoms with Gasteiger partial charge in [-0.05, 0) is 12.1 Å². The van der Waals surface area contributed by atoms with Gasteiger partial charge in [-0.15, -0.1) is 0 Å². The lowest BCUT2D eigenvalue weighted by molar-refractivity contribution is 0.103. The normalized spacial score (nSPS) is 10.2. The first kappa shape index (κ1) is 12.2. The predicted molar refractivity (Wildman–Crippen MR) is 66.2 cm³/mol. The highest BCUT2D eigenvalue weighted by atomic mass is 16.5. The monoisotopic (exact) mass is 246 g/mol. The lowest BCUT2D eigenvalue weighted by Gasteiger charge is -2.08. The quantitative estimate of drug-likeness (QED) is 0.770. The SMILES string of the molecule is COc1ccc(C(=O)c2cnn(C)c2)c(OC)c1. The summed E-state index contributed by atoms with van der Waals surface area (Å²) < 4.78 is 11.9. The molecule has 0 fully saturated rings. The Bertz CT molecular complexity index is 575. The molecule has 0 unspecified atom stereocenters. The molecule has 94 valence electrons. The molecule has 0 N–H and O–H groups in total. The fourth-order valence-corrected chi connectivity index (χ4v) is 1.68. The van der Waals surface area contributed by atoms with E-state index in [1.165, 1.54) is 13.3 Å². The number of aryl methyl sites for hydroxylation is 1. The Hall–Kier alpha value is -2.30. The summed E-state index contributed by atoms with van der Waals surface area (Å²) in [4.78, 5) is 12.3. The third-order valence-electron chi connectivity index (χ3n) is 2.62. The fraction of sp³-hybridized carbons (Fsp3) is 0.231. The van der Waals surface area contributed by atoms with Crippen LogP contribution in [0.2, 0.25) is 0 Å². The number of ether oxygens (including phenoxy) is 2. The molecule has 5 heteroatoms. The molecule has 0 radical (unpaired) electrons. The Morgan fingerprint density at radius 2 is 2.06 bits per heavy atom. The zero-order valence-electron chi connectivity index (χ0n) is 10.5. The van der Waals surface area contributed by atoms with Gasteiger partial charge >= 0.3 is 0 Å². The summed E-state index contributed by atoms with van der Waals surface area (Å²) in [6, 6.07) is 5.10. The molecule has 1 aromatic carbocycles. The van der Waals surface area contributed by atoms with Crippen LogP contribution in [-0.2, 0) is 7.05 Å². The van der Waals surface area contributed by atoms with Gasteiger partial charge in [0.15, 0.2) is 5.78 Å². The number of hydrogen-bond donors (Lipinski definition) is 0. The molecule has 1 heterocycles. The zero-order chi connectivity index (χ0) is 13.1. The second kappa shape index (κ2) is 4.91. The van der Waals surface area contributed by atoms with E-state index in [2.05, 4.69) is 5.10 Å². The second-order valence-electron chi connectivity index (χ2n) is 3.80. The molecule has 0 aliphatic rings. The van der Waals surface area contributed by atoms with Crippen molar-refractivity contribution in [3.63, 3.8) is 0 Å². The number of rotatable bonds is 4. The van der Waals surface area contributed by atoms with E-state index in [9.17, 15) is 4.79 Å². The lowest BCUT2D eigenvalue weighted by Crippen LogP contribution is -2.03. The summed E-state index contributed by atoms with van der Waals surface area (Å²) in [6.45, 7) is 0. The van der Waals surface area contributed by atoms with Gasteiger partial charge in [0.05, 0.1) is 31.5 Å². The maximum atomic E-state index is 12.3. The Kier molecular flexibility index (Phi) is 3.32.